The molecule has 1 aliphatic rings. The number of urea groups is 1. The third-order valence-electron chi connectivity index (χ3n) is 4.54. The lowest BCUT2D eigenvalue weighted by atomic mass is 10.2. The van der Waals surface area contributed by atoms with Crippen molar-refractivity contribution >= 4 is 11.7 Å². The number of nitrogens with one attached hydrogen (secondary N) is 1. The largest absolute Gasteiger partial charge is 0.376 e. The Labute approximate surface area is 159 Å². The molecule has 2 aromatic rings. The van der Waals surface area contributed by atoms with Gasteiger partial charge in [0.15, 0.2) is 5.82 Å². The van der Waals surface area contributed by atoms with Gasteiger partial charge in [-0.2, -0.15) is 4.68 Å². The number of aryl methyl sites for hydroxylation is 1. The zero-order valence-electron chi connectivity index (χ0n) is 16.1. The smallest absolute Gasteiger partial charge is 0.321 e. The zero-order valence-corrected chi connectivity index (χ0v) is 16.1. The summed E-state index contributed by atoms with van der Waals surface area (Å²) in [7, 11) is 4.00. The van der Waals surface area contributed by atoms with Crippen LogP contribution in [0.5, 0.6) is 0 Å². The van der Waals surface area contributed by atoms with E-state index in [1.807, 2.05) is 50.2 Å². The second kappa shape index (κ2) is 8.92. The van der Waals surface area contributed by atoms with Crippen LogP contribution in [-0.4, -0.2) is 82.5 Å². The summed E-state index contributed by atoms with van der Waals surface area (Å²) in [5, 5.41) is 14.4. The van der Waals surface area contributed by atoms with Gasteiger partial charge in [0.25, 0.3) is 0 Å². The van der Waals surface area contributed by atoms with Crippen LogP contribution in [0.4, 0.5) is 10.5 Å². The van der Waals surface area contributed by atoms with Crippen molar-refractivity contribution in [2.45, 2.75) is 25.9 Å². The average Bonchev–Trinajstić information content (AvgIpc) is 3.30. The van der Waals surface area contributed by atoms with Crippen molar-refractivity contribution in [2.24, 2.45) is 0 Å². The Balaban J connectivity index is 1.63. The highest BCUT2D eigenvalue weighted by atomic mass is 16.5. The van der Waals surface area contributed by atoms with Crippen molar-refractivity contribution in [1.82, 2.24) is 30.0 Å². The molecule has 0 saturated carbocycles. The molecule has 9 heteroatoms. The van der Waals surface area contributed by atoms with Gasteiger partial charge in [-0.05, 0) is 68.6 Å². The molecule has 2 heterocycles. The van der Waals surface area contributed by atoms with E-state index in [9.17, 15) is 4.79 Å². The third kappa shape index (κ3) is 5.24. The fourth-order valence-electron chi connectivity index (χ4n) is 2.99. The van der Waals surface area contributed by atoms with Crippen molar-refractivity contribution in [3.63, 3.8) is 0 Å². The Bertz CT molecular complexity index is 738. The summed E-state index contributed by atoms with van der Waals surface area (Å²) in [6.07, 6.45) is 2.19. The number of rotatable bonds is 7. The number of carbonyl (C=O) groups excluding carboxylic acids is 1. The predicted molar refractivity (Wildman–Crippen MR) is 102 cm³/mol. The van der Waals surface area contributed by atoms with Gasteiger partial charge in [0.2, 0.25) is 0 Å². The van der Waals surface area contributed by atoms with Crippen molar-refractivity contribution in [3.8, 4) is 5.69 Å². The SMILES string of the molecule is Cc1nnnn1-c1ccc(NC(=O)N(CCN(C)C)C[C@H]2CCCO2)cc1. The highest BCUT2D eigenvalue weighted by Crippen LogP contribution is 2.16. The van der Waals surface area contributed by atoms with Crippen LogP contribution in [0.2, 0.25) is 0 Å². The van der Waals surface area contributed by atoms with E-state index in [0.29, 0.717) is 18.9 Å². The minimum Gasteiger partial charge on any atom is -0.376 e. The number of aromatic nitrogens is 4. The van der Waals surface area contributed by atoms with Gasteiger partial charge in [-0.3, -0.25) is 0 Å². The normalized spacial score (nSPS) is 16.7. The highest BCUT2D eigenvalue weighted by Gasteiger charge is 2.22. The van der Waals surface area contributed by atoms with Crippen LogP contribution in [0, 0.1) is 6.92 Å². The number of benzene rings is 1. The maximum absolute atomic E-state index is 12.8. The van der Waals surface area contributed by atoms with Crippen molar-refractivity contribution in [2.75, 3.05) is 45.7 Å². The Hall–Kier alpha value is -2.52. The topological polar surface area (TPSA) is 88.4 Å². The second-order valence-electron chi connectivity index (χ2n) is 7.00. The lowest BCUT2D eigenvalue weighted by molar-refractivity contribution is 0.0820. The first-order valence-electron chi connectivity index (χ1n) is 9.20. The molecule has 0 aliphatic carbocycles. The van der Waals surface area contributed by atoms with E-state index in [2.05, 4.69) is 25.7 Å². The molecule has 1 atom stereocenters. The molecule has 0 unspecified atom stereocenters. The Morgan fingerprint density at radius 3 is 2.67 bits per heavy atom. The molecule has 1 aromatic carbocycles. The second-order valence-corrected chi connectivity index (χ2v) is 7.00. The van der Waals surface area contributed by atoms with Gasteiger partial charge in [-0.25, -0.2) is 4.79 Å². The maximum Gasteiger partial charge on any atom is 0.321 e. The van der Waals surface area contributed by atoms with Crippen LogP contribution in [0.3, 0.4) is 0 Å². The van der Waals surface area contributed by atoms with Gasteiger partial charge in [0.05, 0.1) is 11.8 Å². The molecule has 1 fully saturated rings. The fraction of sp³-hybridized carbons (Fsp3) is 0.556. The molecule has 1 aromatic heterocycles. The minimum absolute atomic E-state index is 0.112. The summed E-state index contributed by atoms with van der Waals surface area (Å²) in [6, 6.07) is 7.35. The molecule has 3 rings (SSSR count). The minimum atomic E-state index is -0.112. The first-order valence-corrected chi connectivity index (χ1v) is 9.20. The summed E-state index contributed by atoms with van der Waals surface area (Å²) >= 11 is 0. The molecule has 0 bridgehead atoms. The fourth-order valence-corrected chi connectivity index (χ4v) is 2.99. The first-order chi connectivity index (χ1) is 13.0. The molecule has 2 amide bonds. The summed E-state index contributed by atoms with van der Waals surface area (Å²) in [5.74, 6) is 0.707. The maximum atomic E-state index is 12.8. The van der Waals surface area contributed by atoms with Gasteiger partial charge in [-0.1, -0.05) is 0 Å². The van der Waals surface area contributed by atoms with Crippen LogP contribution in [-0.2, 0) is 4.74 Å². The van der Waals surface area contributed by atoms with Crippen LogP contribution in [0.25, 0.3) is 5.69 Å². The lowest BCUT2D eigenvalue weighted by Gasteiger charge is -2.27. The molecule has 1 aliphatic heterocycles. The van der Waals surface area contributed by atoms with E-state index < -0.39 is 0 Å². The summed E-state index contributed by atoms with van der Waals surface area (Å²) in [6.45, 7) is 4.69. The van der Waals surface area contributed by atoms with Crippen LogP contribution >= 0.6 is 0 Å². The van der Waals surface area contributed by atoms with Crippen molar-refractivity contribution in [3.05, 3.63) is 30.1 Å². The van der Waals surface area contributed by atoms with E-state index in [0.717, 1.165) is 37.4 Å². The van der Waals surface area contributed by atoms with Gasteiger partial charge in [-0.15, -0.1) is 5.10 Å². The van der Waals surface area contributed by atoms with Crippen LogP contribution < -0.4 is 5.32 Å². The quantitative estimate of drug-likeness (QED) is 0.792. The molecular formula is C18H27N7O2. The number of amides is 2. The number of hydrogen-bond acceptors (Lipinski definition) is 6. The van der Waals surface area contributed by atoms with E-state index in [1.165, 1.54) is 0 Å². The predicted octanol–water partition coefficient (Wildman–Crippen LogP) is 1.55. The third-order valence-corrected chi connectivity index (χ3v) is 4.54. The molecule has 1 N–H and O–H groups in total. The monoisotopic (exact) mass is 373 g/mol. The lowest BCUT2D eigenvalue weighted by Crippen LogP contribution is -2.43. The number of nitrogens with zero attached hydrogens (tertiary/aromatic N) is 6. The number of carbonyl (C=O) groups is 1. The number of anilines is 1. The van der Waals surface area contributed by atoms with E-state index in [4.69, 9.17) is 4.74 Å². The van der Waals surface area contributed by atoms with E-state index >= 15 is 0 Å². The number of ether oxygens (including phenoxy) is 1. The van der Waals surface area contributed by atoms with Gasteiger partial charge >= 0.3 is 6.03 Å². The molecule has 0 spiro atoms. The van der Waals surface area contributed by atoms with Gasteiger partial charge < -0.3 is 19.9 Å². The van der Waals surface area contributed by atoms with E-state index in [1.54, 1.807) is 4.68 Å². The average molecular weight is 373 g/mol. The molecule has 146 valence electrons. The molecular weight excluding hydrogens is 346 g/mol. The molecule has 0 radical (unpaired) electrons. The van der Waals surface area contributed by atoms with Gasteiger partial charge in [0.1, 0.15) is 0 Å². The van der Waals surface area contributed by atoms with Crippen molar-refractivity contribution < 1.29 is 9.53 Å². The summed E-state index contributed by atoms with van der Waals surface area (Å²) in [5.41, 5.74) is 1.58. The standard InChI is InChI=1S/C18H27N7O2/c1-14-20-21-22-25(14)16-8-6-15(7-9-16)19-18(26)24(11-10-23(2)3)13-17-5-4-12-27-17/h6-9,17H,4-5,10-13H2,1-3H3,(H,19,26)/t17-/m1/s1. The number of tetrazole rings is 1. The van der Waals surface area contributed by atoms with Crippen LogP contribution in [0.1, 0.15) is 18.7 Å². The molecule has 9 nitrogen and oxygen atoms in total. The van der Waals surface area contributed by atoms with Gasteiger partial charge in [0, 0.05) is 31.9 Å². The van der Waals surface area contributed by atoms with Crippen LogP contribution in [0.15, 0.2) is 24.3 Å². The zero-order chi connectivity index (χ0) is 19.2. The summed E-state index contributed by atoms with van der Waals surface area (Å²) in [4.78, 5) is 16.7. The Kier molecular flexibility index (Phi) is 6.36. The molecule has 27 heavy (non-hydrogen) atoms. The Morgan fingerprint density at radius 2 is 2.07 bits per heavy atom. The van der Waals surface area contributed by atoms with Crippen molar-refractivity contribution in [1.29, 1.82) is 0 Å². The number of likely N-dealkylation sites (N-methyl/N-ethyl adjacent to an activating group) is 1. The van der Waals surface area contributed by atoms with E-state index in [-0.39, 0.29) is 12.1 Å². The number of hydrogen-bond donors (Lipinski definition) is 1. The first kappa shape index (κ1) is 19.2. The summed E-state index contributed by atoms with van der Waals surface area (Å²) < 4.78 is 7.35. The highest BCUT2D eigenvalue weighted by molar-refractivity contribution is 5.89. The molecule has 1 saturated heterocycles. The Morgan fingerprint density at radius 1 is 1.30 bits per heavy atom.